The highest BCUT2D eigenvalue weighted by atomic mass is 14.7. The zero-order valence-electron chi connectivity index (χ0n) is 9.25. The van der Waals surface area contributed by atoms with Crippen LogP contribution in [0.5, 0.6) is 0 Å². The fraction of sp³-hybridized carbons (Fsp3) is 0.357. The van der Waals surface area contributed by atoms with Gasteiger partial charge in [0.2, 0.25) is 0 Å². The average molecular weight is 197 g/mol. The van der Waals surface area contributed by atoms with Gasteiger partial charge in [0.25, 0.3) is 0 Å². The molecule has 0 amide bonds. The van der Waals surface area contributed by atoms with E-state index in [-0.39, 0.29) is 0 Å². The maximum absolute atomic E-state index is 4.58. The van der Waals surface area contributed by atoms with Crippen LogP contribution in [0.25, 0.3) is 10.8 Å². The average Bonchev–Trinajstić information content (AvgIpc) is 2.52. The van der Waals surface area contributed by atoms with Crippen molar-refractivity contribution in [1.82, 2.24) is 4.98 Å². The number of rotatable bonds is 0. The van der Waals surface area contributed by atoms with E-state index < -0.39 is 0 Å². The lowest BCUT2D eigenvalue weighted by molar-refractivity contribution is 0.391. The van der Waals surface area contributed by atoms with Crippen LogP contribution < -0.4 is 0 Å². The van der Waals surface area contributed by atoms with Gasteiger partial charge in [0.1, 0.15) is 0 Å². The molecule has 0 aliphatic heterocycles. The molecular weight excluding hydrogens is 182 g/mol. The third-order valence-corrected chi connectivity index (χ3v) is 3.30. The van der Waals surface area contributed by atoms with Gasteiger partial charge in [-0.15, -0.1) is 0 Å². The van der Waals surface area contributed by atoms with Crippen LogP contribution in [-0.2, 0) is 12.8 Å². The molecule has 1 aliphatic carbocycles. The van der Waals surface area contributed by atoms with E-state index >= 15 is 0 Å². The molecule has 0 unspecified atom stereocenters. The van der Waals surface area contributed by atoms with Crippen molar-refractivity contribution in [2.24, 2.45) is 5.41 Å². The van der Waals surface area contributed by atoms with Gasteiger partial charge in [-0.2, -0.15) is 0 Å². The van der Waals surface area contributed by atoms with E-state index in [2.05, 4.69) is 43.1 Å². The van der Waals surface area contributed by atoms with Crippen molar-refractivity contribution in [2.45, 2.75) is 26.7 Å². The summed E-state index contributed by atoms with van der Waals surface area (Å²) in [7, 11) is 0. The minimum atomic E-state index is 0.388. The van der Waals surface area contributed by atoms with E-state index in [4.69, 9.17) is 0 Å². The summed E-state index contributed by atoms with van der Waals surface area (Å²) < 4.78 is 0. The molecule has 0 N–H and O–H groups in total. The Labute approximate surface area is 90.2 Å². The zero-order chi connectivity index (χ0) is 10.5. The molecule has 0 fully saturated rings. The van der Waals surface area contributed by atoms with Crippen LogP contribution in [0.1, 0.15) is 25.1 Å². The number of aromatic nitrogens is 1. The first-order valence-corrected chi connectivity index (χ1v) is 5.51. The number of pyridine rings is 1. The molecular formula is C14H15N. The van der Waals surface area contributed by atoms with Crippen molar-refractivity contribution in [1.29, 1.82) is 0 Å². The van der Waals surface area contributed by atoms with Gasteiger partial charge in [-0.25, -0.2) is 0 Å². The third-order valence-electron chi connectivity index (χ3n) is 3.30. The standard InChI is InChI=1S/C14H15N/c1-14(2)7-12-11-6-4-3-5-10(11)9-15-13(12)8-14/h3-6,9H,7-8H2,1-2H3. The van der Waals surface area contributed by atoms with Crippen molar-refractivity contribution < 1.29 is 0 Å². The summed E-state index contributed by atoms with van der Waals surface area (Å²) >= 11 is 0. The highest BCUT2D eigenvalue weighted by molar-refractivity contribution is 5.86. The van der Waals surface area contributed by atoms with Crippen molar-refractivity contribution in [3.05, 3.63) is 41.7 Å². The van der Waals surface area contributed by atoms with Gasteiger partial charge in [-0.1, -0.05) is 38.1 Å². The molecule has 15 heavy (non-hydrogen) atoms. The summed E-state index contributed by atoms with van der Waals surface area (Å²) in [5.74, 6) is 0. The summed E-state index contributed by atoms with van der Waals surface area (Å²) in [5, 5.41) is 2.67. The van der Waals surface area contributed by atoms with Gasteiger partial charge in [0.15, 0.2) is 0 Å². The Morgan fingerprint density at radius 2 is 1.93 bits per heavy atom. The second kappa shape index (κ2) is 2.82. The molecule has 0 saturated carbocycles. The van der Waals surface area contributed by atoms with Gasteiger partial charge >= 0.3 is 0 Å². The first-order chi connectivity index (χ1) is 7.16. The zero-order valence-corrected chi connectivity index (χ0v) is 9.25. The van der Waals surface area contributed by atoms with E-state index in [1.807, 2.05) is 6.20 Å². The van der Waals surface area contributed by atoms with Crippen molar-refractivity contribution in [2.75, 3.05) is 0 Å². The monoisotopic (exact) mass is 197 g/mol. The van der Waals surface area contributed by atoms with E-state index in [0.717, 1.165) is 12.8 Å². The molecule has 76 valence electrons. The fourth-order valence-electron chi connectivity index (χ4n) is 2.61. The van der Waals surface area contributed by atoms with Gasteiger partial charge in [0, 0.05) is 17.3 Å². The quantitative estimate of drug-likeness (QED) is 0.631. The number of benzene rings is 1. The number of hydrogen-bond donors (Lipinski definition) is 0. The normalized spacial score (nSPS) is 18.0. The molecule has 0 saturated heterocycles. The molecule has 1 aliphatic rings. The summed E-state index contributed by atoms with van der Waals surface area (Å²) in [4.78, 5) is 4.58. The molecule has 1 aromatic heterocycles. The lowest BCUT2D eigenvalue weighted by Gasteiger charge is -2.14. The molecule has 1 heterocycles. The minimum Gasteiger partial charge on any atom is -0.260 e. The first-order valence-electron chi connectivity index (χ1n) is 5.51. The summed E-state index contributed by atoms with van der Waals surface area (Å²) in [5.41, 5.74) is 3.16. The highest BCUT2D eigenvalue weighted by Crippen LogP contribution is 2.38. The Balaban J connectivity index is 2.29. The Kier molecular flexibility index (Phi) is 1.67. The molecule has 1 heteroatoms. The van der Waals surface area contributed by atoms with Crippen LogP contribution in [0.15, 0.2) is 30.5 Å². The Morgan fingerprint density at radius 3 is 2.80 bits per heavy atom. The van der Waals surface area contributed by atoms with Crippen molar-refractivity contribution in [3.8, 4) is 0 Å². The highest BCUT2D eigenvalue weighted by Gasteiger charge is 2.30. The Bertz CT molecular complexity index is 526. The second-order valence-electron chi connectivity index (χ2n) is 5.29. The maximum Gasteiger partial charge on any atom is 0.0447 e. The van der Waals surface area contributed by atoms with Crippen LogP contribution in [-0.4, -0.2) is 4.98 Å². The predicted octanol–water partition coefficient (Wildman–Crippen LogP) is 3.36. The van der Waals surface area contributed by atoms with Gasteiger partial charge in [-0.3, -0.25) is 4.98 Å². The van der Waals surface area contributed by atoms with Crippen LogP contribution in [0.4, 0.5) is 0 Å². The molecule has 2 aromatic rings. The molecule has 1 aromatic carbocycles. The molecule has 0 bridgehead atoms. The van der Waals surface area contributed by atoms with Crippen LogP contribution in [0.3, 0.4) is 0 Å². The molecule has 0 radical (unpaired) electrons. The van der Waals surface area contributed by atoms with E-state index in [9.17, 15) is 0 Å². The van der Waals surface area contributed by atoms with Crippen molar-refractivity contribution >= 4 is 10.8 Å². The first kappa shape index (κ1) is 8.90. The molecule has 1 nitrogen and oxygen atoms in total. The summed E-state index contributed by atoms with van der Waals surface area (Å²) in [6.45, 7) is 4.65. The second-order valence-corrected chi connectivity index (χ2v) is 5.29. The molecule has 3 rings (SSSR count). The van der Waals surface area contributed by atoms with Crippen molar-refractivity contribution in [3.63, 3.8) is 0 Å². The van der Waals surface area contributed by atoms with Crippen LogP contribution in [0, 0.1) is 5.41 Å². The molecule has 0 spiro atoms. The van der Waals surface area contributed by atoms with Crippen LogP contribution >= 0.6 is 0 Å². The van der Waals surface area contributed by atoms with Gasteiger partial charge in [0.05, 0.1) is 0 Å². The van der Waals surface area contributed by atoms with Crippen LogP contribution in [0.2, 0.25) is 0 Å². The maximum atomic E-state index is 4.58. The lowest BCUT2D eigenvalue weighted by Crippen LogP contribution is -2.09. The number of fused-ring (bicyclic) bond motifs is 3. The largest absolute Gasteiger partial charge is 0.260 e. The van der Waals surface area contributed by atoms with E-state index in [0.29, 0.717) is 5.41 Å². The number of nitrogens with zero attached hydrogens (tertiary/aromatic N) is 1. The summed E-state index contributed by atoms with van der Waals surface area (Å²) in [6, 6.07) is 8.57. The Hall–Kier alpha value is -1.37. The number of hydrogen-bond acceptors (Lipinski definition) is 1. The summed E-state index contributed by atoms with van der Waals surface area (Å²) in [6.07, 6.45) is 4.29. The predicted molar refractivity (Wildman–Crippen MR) is 62.9 cm³/mol. The third kappa shape index (κ3) is 1.34. The van der Waals surface area contributed by atoms with Gasteiger partial charge < -0.3 is 0 Å². The lowest BCUT2D eigenvalue weighted by atomic mass is 9.90. The SMILES string of the molecule is CC1(C)Cc2ncc3ccccc3c2C1. The van der Waals surface area contributed by atoms with Gasteiger partial charge in [-0.05, 0) is 29.2 Å². The van der Waals surface area contributed by atoms with E-state index in [1.165, 1.54) is 22.0 Å². The minimum absolute atomic E-state index is 0.388. The molecule has 0 atom stereocenters. The van der Waals surface area contributed by atoms with E-state index in [1.54, 1.807) is 0 Å². The Morgan fingerprint density at radius 1 is 1.13 bits per heavy atom. The topological polar surface area (TPSA) is 12.9 Å². The fourth-order valence-corrected chi connectivity index (χ4v) is 2.61. The smallest absolute Gasteiger partial charge is 0.0447 e.